The summed E-state index contributed by atoms with van der Waals surface area (Å²) in [6, 6.07) is 2.20. The molecule has 0 heterocycles. The quantitative estimate of drug-likeness (QED) is 0.845. The van der Waals surface area contributed by atoms with Crippen LogP contribution in [0.3, 0.4) is 0 Å². The average Bonchev–Trinajstić information content (AvgIpc) is 3.06. The molecule has 1 aromatic carbocycles. The molecule has 1 aliphatic carbocycles. The van der Waals surface area contributed by atoms with Crippen molar-refractivity contribution in [3.8, 4) is 11.5 Å². The molecule has 0 aromatic heterocycles. The standard InChI is InChI=1S/C14H21NO2/c1-8-7-11(14(5-6-14)10(3)15)13(17-4)12(16)9(8)2/h7,10,16H,5-6,15H2,1-4H3. The predicted molar refractivity (Wildman–Crippen MR) is 68.7 cm³/mol. The van der Waals surface area contributed by atoms with E-state index >= 15 is 0 Å². The summed E-state index contributed by atoms with van der Waals surface area (Å²) in [6.07, 6.45) is 2.14. The lowest BCUT2D eigenvalue weighted by Gasteiger charge is -2.24. The molecule has 0 radical (unpaired) electrons. The smallest absolute Gasteiger partial charge is 0.164 e. The minimum absolute atomic E-state index is 0.00127. The van der Waals surface area contributed by atoms with E-state index in [-0.39, 0.29) is 17.2 Å². The van der Waals surface area contributed by atoms with Gasteiger partial charge in [-0.3, -0.25) is 0 Å². The lowest BCUT2D eigenvalue weighted by atomic mass is 9.86. The first-order valence-electron chi connectivity index (χ1n) is 6.07. The Morgan fingerprint density at radius 2 is 2.00 bits per heavy atom. The SMILES string of the molecule is COc1c(C2(C(C)N)CC2)cc(C)c(C)c1O. The minimum Gasteiger partial charge on any atom is -0.504 e. The summed E-state index contributed by atoms with van der Waals surface area (Å²) < 4.78 is 5.38. The fourth-order valence-corrected chi connectivity index (χ4v) is 2.56. The Morgan fingerprint density at radius 3 is 2.41 bits per heavy atom. The molecule has 3 nitrogen and oxygen atoms in total. The first-order valence-corrected chi connectivity index (χ1v) is 6.07. The number of phenolic OH excluding ortho intramolecular Hbond substituents is 1. The van der Waals surface area contributed by atoms with Crippen molar-refractivity contribution < 1.29 is 9.84 Å². The molecule has 17 heavy (non-hydrogen) atoms. The molecule has 1 fully saturated rings. The van der Waals surface area contributed by atoms with E-state index in [0.717, 1.165) is 29.5 Å². The second kappa shape index (κ2) is 3.91. The number of aromatic hydroxyl groups is 1. The third kappa shape index (κ3) is 1.69. The van der Waals surface area contributed by atoms with Gasteiger partial charge in [-0.1, -0.05) is 6.07 Å². The summed E-state index contributed by atoms with van der Waals surface area (Å²) in [7, 11) is 1.60. The highest BCUT2D eigenvalue weighted by Crippen LogP contribution is 2.55. The highest BCUT2D eigenvalue weighted by molar-refractivity contribution is 5.58. The van der Waals surface area contributed by atoms with E-state index in [2.05, 4.69) is 6.07 Å². The molecule has 1 unspecified atom stereocenters. The van der Waals surface area contributed by atoms with Gasteiger partial charge >= 0.3 is 0 Å². The number of ether oxygens (including phenoxy) is 1. The van der Waals surface area contributed by atoms with Crippen molar-refractivity contribution in [1.29, 1.82) is 0 Å². The van der Waals surface area contributed by atoms with Crippen LogP contribution in [0.15, 0.2) is 6.07 Å². The third-order valence-corrected chi connectivity index (χ3v) is 4.17. The molecule has 0 spiro atoms. The van der Waals surface area contributed by atoms with Crippen molar-refractivity contribution in [3.63, 3.8) is 0 Å². The van der Waals surface area contributed by atoms with E-state index in [4.69, 9.17) is 10.5 Å². The van der Waals surface area contributed by atoms with Gasteiger partial charge in [0.15, 0.2) is 11.5 Å². The molecule has 1 saturated carbocycles. The summed E-state index contributed by atoms with van der Waals surface area (Å²) >= 11 is 0. The number of phenols is 1. The summed E-state index contributed by atoms with van der Waals surface area (Å²) in [4.78, 5) is 0. The van der Waals surface area contributed by atoms with Crippen molar-refractivity contribution in [3.05, 3.63) is 22.8 Å². The molecule has 0 amide bonds. The topological polar surface area (TPSA) is 55.5 Å². The number of rotatable bonds is 3. The van der Waals surface area contributed by atoms with Gasteiger partial charge in [0, 0.05) is 17.0 Å². The second-order valence-electron chi connectivity index (χ2n) is 5.19. The van der Waals surface area contributed by atoms with Crippen molar-refractivity contribution in [1.82, 2.24) is 0 Å². The maximum Gasteiger partial charge on any atom is 0.164 e. The van der Waals surface area contributed by atoms with Crippen LogP contribution >= 0.6 is 0 Å². The lowest BCUT2D eigenvalue weighted by Crippen LogP contribution is -2.32. The monoisotopic (exact) mass is 235 g/mol. The van der Waals surface area contributed by atoms with Gasteiger partial charge in [-0.05, 0) is 44.7 Å². The van der Waals surface area contributed by atoms with Crippen LogP contribution in [0.2, 0.25) is 0 Å². The highest BCUT2D eigenvalue weighted by atomic mass is 16.5. The van der Waals surface area contributed by atoms with Crippen molar-refractivity contribution >= 4 is 0 Å². The number of methoxy groups -OCH3 is 1. The maximum absolute atomic E-state index is 10.2. The van der Waals surface area contributed by atoms with Crippen LogP contribution in [0.1, 0.15) is 36.5 Å². The van der Waals surface area contributed by atoms with E-state index in [9.17, 15) is 5.11 Å². The average molecular weight is 235 g/mol. The van der Waals surface area contributed by atoms with Crippen LogP contribution in [0.4, 0.5) is 0 Å². The molecule has 2 rings (SSSR count). The van der Waals surface area contributed by atoms with Crippen LogP contribution in [0, 0.1) is 13.8 Å². The molecule has 1 aliphatic rings. The summed E-state index contributed by atoms with van der Waals surface area (Å²) in [5, 5.41) is 10.2. The van der Waals surface area contributed by atoms with E-state index < -0.39 is 0 Å². The van der Waals surface area contributed by atoms with E-state index in [1.807, 2.05) is 20.8 Å². The first kappa shape index (κ1) is 12.2. The van der Waals surface area contributed by atoms with Gasteiger partial charge in [0.2, 0.25) is 0 Å². The maximum atomic E-state index is 10.2. The molecule has 1 atom stereocenters. The van der Waals surface area contributed by atoms with Crippen molar-refractivity contribution in [2.45, 2.75) is 45.1 Å². The van der Waals surface area contributed by atoms with E-state index in [1.165, 1.54) is 0 Å². The zero-order valence-corrected chi connectivity index (χ0v) is 11.0. The van der Waals surface area contributed by atoms with E-state index in [1.54, 1.807) is 7.11 Å². The van der Waals surface area contributed by atoms with Gasteiger partial charge in [0.1, 0.15) is 0 Å². The normalized spacial score (nSPS) is 18.9. The molecule has 1 aromatic rings. The molecular weight excluding hydrogens is 214 g/mol. The van der Waals surface area contributed by atoms with Crippen molar-refractivity contribution in [2.24, 2.45) is 5.73 Å². The summed E-state index contributed by atoms with van der Waals surface area (Å²) in [6.45, 7) is 5.94. The van der Waals surface area contributed by atoms with Gasteiger partial charge in [-0.15, -0.1) is 0 Å². The fraction of sp³-hybridized carbons (Fsp3) is 0.571. The third-order valence-electron chi connectivity index (χ3n) is 4.17. The van der Waals surface area contributed by atoms with Gasteiger partial charge in [-0.25, -0.2) is 0 Å². The molecule has 0 saturated heterocycles. The summed E-state index contributed by atoms with van der Waals surface area (Å²) in [5.41, 5.74) is 9.12. The van der Waals surface area contributed by atoms with Gasteiger partial charge in [-0.2, -0.15) is 0 Å². The fourth-order valence-electron chi connectivity index (χ4n) is 2.56. The minimum atomic E-state index is 0.00127. The molecule has 0 bridgehead atoms. The number of hydrogen-bond acceptors (Lipinski definition) is 3. The van der Waals surface area contributed by atoms with Crippen LogP contribution in [-0.2, 0) is 5.41 Å². The van der Waals surface area contributed by atoms with Crippen molar-refractivity contribution in [2.75, 3.05) is 7.11 Å². The molecule has 0 aliphatic heterocycles. The molecule has 3 heteroatoms. The van der Waals surface area contributed by atoms with E-state index in [0.29, 0.717) is 5.75 Å². The lowest BCUT2D eigenvalue weighted by molar-refractivity contribution is 0.359. The second-order valence-corrected chi connectivity index (χ2v) is 5.19. The molecular formula is C14H21NO2. The zero-order valence-electron chi connectivity index (χ0n) is 11.0. The molecule has 94 valence electrons. The Balaban J connectivity index is 2.62. The Bertz CT molecular complexity index is 448. The predicted octanol–water partition coefficient (Wildman–Crippen LogP) is 2.40. The Morgan fingerprint density at radius 1 is 1.41 bits per heavy atom. The molecule has 3 N–H and O–H groups in total. The van der Waals surface area contributed by atoms with Crippen LogP contribution < -0.4 is 10.5 Å². The van der Waals surface area contributed by atoms with Gasteiger partial charge < -0.3 is 15.6 Å². The number of nitrogens with two attached hydrogens (primary N) is 1. The summed E-state index contributed by atoms with van der Waals surface area (Å²) in [5.74, 6) is 0.859. The van der Waals surface area contributed by atoms with Gasteiger partial charge in [0.05, 0.1) is 7.11 Å². The Hall–Kier alpha value is -1.22. The zero-order chi connectivity index (χ0) is 12.8. The van der Waals surface area contributed by atoms with Crippen LogP contribution in [-0.4, -0.2) is 18.3 Å². The number of benzene rings is 1. The van der Waals surface area contributed by atoms with Gasteiger partial charge in [0.25, 0.3) is 0 Å². The number of hydrogen-bond donors (Lipinski definition) is 2. The highest BCUT2D eigenvalue weighted by Gasteiger charge is 2.49. The van der Waals surface area contributed by atoms with Crippen LogP contribution in [0.25, 0.3) is 0 Å². The largest absolute Gasteiger partial charge is 0.504 e. The van der Waals surface area contributed by atoms with Crippen LogP contribution in [0.5, 0.6) is 11.5 Å². The Kier molecular flexibility index (Phi) is 2.82. The number of aryl methyl sites for hydroxylation is 1. The Labute approximate surface area is 103 Å². The first-order chi connectivity index (χ1) is 7.94.